The minimum Gasteiger partial charge on any atom is -0.466 e. The molecule has 78 valence electrons. The zero-order valence-electron chi connectivity index (χ0n) is 8.49. The van der Waals surface area contributed by atoms with E-state index in [1.165, 1.54) is 0 Å². The number of ether oxygens (including phenoxy) is 1. The molecule has 0 aromatic carbocycles. The van der Waals surface area contributed by atoms with Crippen LogP contribution in [0.5, 0.6) is 0 Å². The highest BCUT2D eigenvalue weighted by atomic mass is 16.5. The summed E-state index contributed by atoms with van der Waals surface area (Å²) in [7, 11) is 0. The molecule has 0 spiro atoms. The van der Waals surface area contributed by atoms with Crippen molar-refractivity contribution in [1.82, 2.24) is 0 Å². The normalized spacial score (nSPS) is 20.5. The molecule has 3 heteroatoms. The van der Waals surface area contributed by atoms with Crippen molar-refractivity contribution in [2.75, 3.05) is 6.61 Å². The van der Waals surface area contributed by atoms with E-state index in [0.29, 0.717) is 6.61 Å². The van der Waals surface area contributed by atoms with E-state index in [-0.39, 0.29) is 18.1 Å². The third-order valence-electron chi connectivity index (χ3n) is 2.35. The SMILES string of the molecule is CCOC(=O)CC(=O)C1CC=CCC1. The largest absolute Gasteiger partial charge is 0.466 e. The van der Waals surface area contributed by atoms with Crippen molar-refractivity contribution in [2.45, 2.75) is 32.6 Å². The molecule has 1 aliphatic rings. The Morgan fingerprint density at radius 1 is 1.43 bits per heavy atom. The molecule has 0 saturated carbocycles. The Morgan fingerprint density at radius 2 is 2.21 bits per heavy atom. The zero-order chi connectivity index (χ0) is 10.4. The number of carbonyl (C=O) groups is 2. The van der Waals surface area contributed by atoms with Crippen molar-refractivity contribution < 1.29 is 14.3 Å². The molecule has 0 radical (unpaired) electrons. The summed E-state index contributed by atoms with van der Waals surface area (Å²) in [5.41, 5.74) is 0. The smallest absolute Gasteiger partial charge is 0.313 e. The van der Waals surface area contributed by atoms with Gasteiger partial charge in [0.25, 0.3) is 0 Å². The molecule has 0 fully saturated rings. The number of hydrogen-bond donors (Lipinski definition) is 0. The van der Waals surface area contributed by atoms with Crippen molar-refractivity contribution in [1.29, 1.82) is 0 Å². The van der Waals surface area contributed by atoms with Gasteiger partial charge in [-0.3, -0.25) is 9.59 Å². The van der Waals surface area contributed by atoms with Crippen LogP contribution in [0, 0.1) is 5.92 Å². The lowest BCUT2D eigenvalue weighted by atomic mass is 9.89. The summed E-state index contributed by atoms with van der Waals surface area (Å²) in [5.74, 6) is -0.343. The number of carbonyl (C=O) groups excluding carboxylic acids is 2. The predicted molar refractivity (Wildman–Crippen MR) is 52.7 cm³/mol. The Hall–Kier alpha value is -1.12. The van der Waals surface area contributed by atoms with E-state index in [9.17, 15) is 9.59 Å². The van der Waals surface area contributed by atoms with Gasteiger partial charge in [-0.25, -0.2) is 0 Å². The molecule has 0 saturated heterocycles. The molecule has 0 aliphatic heterocycles. The molecule has 1 unspecified atom stereocenters. The van der Waals surface area contributed by atoms with E-state index >= 15 is 0 Å². The average molecular weight is 196 g/mol. The second kappa shape index (κ2) is 5.58. The minimum absolute atomic E-state index is 0.0211. The number of Topliss-reactive ketones (excluding diaryl/α,β-unsaturated/α-hetero) is 1. The second-order valence-electron chi connectivity index (χ2n) is 3.43. The molecule has 3 nitrogen and oxygen atoms in total. The minimum atomic E-state index is -0.396. The third-order valence-corrected chi connectivity index (χ3v) is 2.35. The Balaban J connectivity index is 2.34. The van der Waals surface area contributed by atoms with Gasteiger partial charge >= 0.3 is 5.97 Å². The summed E-state index contributed by atoms with van der Waals surface area (Å²) in [5, 5.41) is 0. The van der Waals surface area contributed by atoms with E-state index in [1.54, 1.807) is 6.92 Å². The molecule has 0 heterocycles. The molecule has 1 aliphatic carbocycles. The number of hydrogen-bond acceptors (Lipinski definition) is 3. The molecular formula is C11H16O3. The second-order valence-corrected chi connectivity index (χ2v) is 3.43. The summed E-state index contributed by atoms with van der Waals surface area (Å²) in [6, 6.07) is 0. The van der Waals surface area contributed by atoms with Crippen molar-refractivity contribution in [3.05, 3.63) is 12.2 Å². The fourth-order valence-electron chi connectivity index (χ4n) is 1.58. The fourth-order valence-corrected chi connectivity index (χ4v) is 1.58. The van der Waals surface area contributed by atoms with Crippen molar-refractivity contribution in [3.8, 4) is 0 Å². The van der Waals surface area contributed by atoms with Gasteiger partial charge in [0, 0.05) is 5.92 Å². The topological polar surface area (TPSA) is 43.4 Å². The quantitative estimate of drug-likeness (QED) is 0.391. The van der Waals surface area contributed by atoms with Crippen LogP contribution in [0.2, 0.25) is 0 Å². The van der Waals surface area contributed by atoms with Crippen LogP contribution < -0.4 is 0 Å². The highest BCUT2D eigenvalue weighted by molar-refractivity contribution is 5.96. The monoisotopic (exact) mass is 196 g/mol. The summed E-state index contributed by atoms with van der Waals surface area (Å²) < 4.78 is 4.73. The highest BCUT2D eigenvalue weighted by Crippen LogP contribution is 2.20. The molecule has 0 N–H and O–H groups in total. The first-order valence-corrected chi connectivity index (χ1v) is 5.07. The maximum atomic E-state index is 11.5. The standard InChI is InChI=1S/C11H16O3/c1-2-14-11(13)8-10(12)9-6-4-3-5-7-9/h3-4,9H,2,5-8H2,1H3. The lowest BCUT2D eigenvalue weighted by molar-refractivity contribution is -0.146. The summed E-state index contributed by atoms with van der Waals surface area (Å²) in [6.45, 7) is 2.09. The van der Waals surface area contributed by atoms with E-state index in [2.05, 4.69) is 6.08 Å². The summed E-state index contributed by atoms with van der Waals surface area (Å²) >= 11 is 0. The van der Waals surface area contributed by atoms with E-state index in [0.717, 1.165) is 19.3 Å². The lowest BCUT2D eigenvalue weighted by Crippen LogP contribution is -2.20. The Labute approximate surface area is 84.1 Å². The van der Waals surface area contributed by atoms with Crippen LogP contribution in [0.1, 0.15) is 32.6 Å². The number of esters is 1. The van der Waals surface area contributed by atoms with E-state index < -0.39 is 5.97 Å². The van der Waals surface area contributed by atoms with Gasteiger partial charge in [0.05, 0.1) is 6.61 Å². The molecular weight excluding hydrogens is 180 g/mol. The Bertz CT molecular complexity index is 243. The number of allylic oxidation sites excluding steroid dienone is 2. The number of rotatable bonds is 4. The first-order valence-electron chi connectivity index (χ1n) is 5.07. The van der Waals surface area contributed by atoms with Crippen LogP contribution in [-0.2, 0) is 14.3 Å². The van der Waals surface area contributed by atoms with Crippen molar-refractivity contribution >= 4 is 11.8 Å². The van der Waals surface area contributed by atoms with Crippen LogP contribution in [0.3, 0.4) is 0 Å². The van der Waals surface area contributed by atoms with Gasteiger partial charge in [0.15, 0.2) is 0 Å². The van der Waals surface area contributed by atoms with Crippen LogP contribution in [0.25, 0.3) is 0 Å². The zero-order valence-corrected chi connectivity index (χ0v) is 8.49. The predicted octanol–water partition coefficient (Wildman–Crippen LogP) is 1.86. The maximum absolute atomic E-state index is 11.5. The van der Waals surface area contributed by atoms with Crippen molar-refractivity contribution in [2.24, 2.45) is 5.92 Å². The van der Waals surface area contributed by atoms with Crippen molar-refractivity contribution in [3.63, 3.8) is 0 Å². The first-order chi connectivity index (χ1) is 6.74. The maximum Gasteiger partial charge on any atom is 0.313 e. The summed E-state index contributed by atoms with van der Waals surface area (Å²) in [6.07, 6.45) is 6.62. The molecule has 14 heavy (non-hydrogen) atoms. The number of ketones is 1. The van der Waals surface area contributed by atoms with E-state index in [4.69, 9.17) is 4.74 Å². The third kappa shape index (κ3) is 3.32. The van der Waals surface area contributed by atoms with Gasteiger partial charge in [-0.2, -0.15) is 0 Å². The van der Waals surface area contributed by atoms with Gasteiger partial charge in [-0.1, -0.05) is 12.2 Å². The Kier molecular flexibility index (Phi) is 4.36. The Morgan fingerprint density at radius 3 is 2.79 bits per heavy atom. The average Bonchev–Trinajstić information content (AvgIpc) is 2.19. The molecule has 1 atom stereocenters. The van der Waals surface area contributed by atoms with Gasteiger partial charge in [0.1, 0.15) is 12.2 Å². The lowest BCUT2D eigenvalue weighted by Gasteiger charge is -2.15. The van der Waals surface area contributed by atoms with Crippen LogP contribution in [-0.4, -0.2) is 18.4 Å². The first kappa shape index (κ1) is 11.0. The highest BCUT2D eigenvalue weighted by Gasteiger charge is 2.21. The van der Waals surface area contributed by atoms with E-state index in [1.807, 2.05) is 6.08 Å². The van der Waals surface area contributed by atoms with Gasteiger partial charge in [0.2, 0.25) is 0 Å². The summed E-state index contributed by atoms with van der Waals surface area (Å²) in [4.78, 5) is 22.6. The molecule has 1 rings (SSSR count). The molecule has 0 amide bonds. The molecule has 0 aromatic heterocycles. The molecule has 0 bridgehead atoms. The van der Waals surface area contributed by atoms with Gasteiger partial charge < -0.3 is 4.74 Å². The van der Waals surface area contributed by atoms with Crippen LogP contribution in [0.4, 0.5) is 0 Å². The van der Waals surface area contributed by atoms with Gasteiger partial charge in [-0.15, -0.1) is 0 Å². The fraction of sp³-hybridized carbons (Fsp3) is 0.636. The molecule has 0 aromatic rings. The van der Waals surface area contributed by atoms with Crippen LogP contribution in [0.15, 0.2) is 12.2 Å². The van der Waals surface area contributed by atoms with Gasteiger partial charge in [-0.05, 0) is 26.2 Å². The van der Waals surface area contributed by atoms with Crippen LogP contribution >= 0.6 is 0 Å².